The number of nitrogens with one attached hydrogen (secondary N) is 2. The smallest absolute Gasteiger partial charge is 0.0801 e. The lowest BCUT2D eigenvalue weighted by Crippen LogP contribution is -2.14. The van der Waals surface area contributed by atoms with Gasteiger partial charge in [0, 0.05) is 24.2 Å². The monoisotopic (exact) mass is 300 g/mol. The van der Waals surface area contributed by atoms with Crippen LogP contribution in [0, 0.1) is 0 Å². The SMILES string of the molecule is S=C(CCC(=S)Nc1ccccc1)Nc1ccccc1. The Morgan fingerprint density at radius 3 is 1.35 bits per heavy atom. The van der Waals surface area contributed by atoms with Gasteiger partial charge in [-0.2, -0.15) is 0 Å². The van der Waals surface area contributed by atoms with Crippen LogP contribution in [0.25, 0.3) is 0 Å². The average molecular weight is 300 g/mol. The molecule has 0 amide bonds. The third kappa shape index (κ3) is 5.07. The molecular weight excluding hydrogens is 284 g/mol. The molecule has 20 heavy (non-hydrogen) atoms. The van der Waals surface area contributed by atoms with Gasteiger partial charge in [-0.15, -0.1) is 0 Å². The average Bonchev–Trinajstić information content (AvgIpc) is 2.47. The van der Waals surface area contributed by atoms with Gasteiger partial charge in [0.25, 0.3) is 0 Å². The Balaban J connectivity index is 1.75. The molecule has 2 aromatic carbocycles. The standard InChI is InChI=1S/C16H16N2S2/c19-15(17-13-7-3-1-4-8-13)11-12-16(20)18-14-9-5-2-6-10-14/h1-10H,11-12H2,(H,17,19)(H,18,20). The molecule has 2 N–H and O–H groups in total. The highest BCUT2D eigenvalue weighted by Gasteiger charge is 2.02. The summed E-state index contributed by atoms with van der Waals surface area (Å²) in [4.78, 5) is 1.60. The van der Waals surface area contributed by atoms with Crippen LogP contribution < -0.4 is 10.6 Å². The zero-order valence-electron chi connectivity index (χ0n) is 11.0. The minimum Gasteiger partial charge on any atom is -0.350 e. The Morgan fingerprint density at radius 2 is 1.00 bits per heavy atom. The van der Waals surface area contributed by atoms with E-state index in [1.807, 2.05) is 60.7 Å². The summed E-state index contributed by atoms with van der Waals surface area (Å²) in [6.07, 6.45) is 1.48. The van der Waals surface area contributed by atoms with Crippen LogP contribution in [0.1, 0.15) is 12.8 Å². The number of anilines is 2. The maximum atomic E-state index is 5.32. The van der Waals surface area contributed by atoms with E-state index in [9.17, 15) is 0 Å². The van der Waals surface area contributed by atoms with Crippen LogP contribution in [0.4, 0.5) is 11.4 Å². The van der Waals surface area contributed by atoms with Crippen LogP contribution in [-0.4, -0.2) is 9.98 Å². The van der Waals surface area contributed by atoms with E-state index >= 15 is 0 Å². The second kappa shape index (κ2) is 7.72. The third-order valence-electron chi connectivity index (χ3n) is 2.69. The lowest BCUT2D eigenvalue weighted by molar-refractivity contribution is 1.17. The fraction of sp³-hybridized carbons (Fsp3) is 0.125. The molecule has 2 rings (SSSR count). The minimum atomic E-state index is 0.739. The molecule has 0 spiro atoms. The zero-order valence-corrected chi connectivity index (χ0v) is 12.6. The van der Waals surface area contributed by atoms with E-state index in [2.05, 4.69) is 10.6 Å². The molecule has 0 aliphatic rings. The van der Waals surface area contributed by atoms with Gasteiger partial charge in [-0.1, -0.05) is 60.8 Å². The Hall–Kier alpha value is -1.78. The summed E-state index contributed by atoms with van der Waals surface area (Å²) in [6, 6.07) is 19.8. The Bertz CT molecular complexity index is 514. The molecular formula is C16H16N2S2. The number of hydrogen-bond donors (Lipinski definition) is 2. The maximum Gasteiger partial charge on any atom is 0.0801 e. The largest absolute Gasteiger partial charge is 0.350 e. The van der Waals surface area contributed by atoms with E-state index in [0.717, 1.165) is 34.2 Å². The lowest BCUT2D eigenvalue weighted by atomic mass is 10.2. The predicted molar refractivity (Wildman–Crippen MR) is 94.6 cm³/mol. The summed E-state index contributed by atoms with van der Waals surface area (Å²) in [5.41, 5.74) is 2.03. The van der Waals surface area contributed by atoms with Crippen LogP contribution in [0.15, 0.2) is 60.7 Å². The van der Waals surface area contributed by atoms with Crippen LogP contribution in [0.2, 0.25) is 0 Å². The second-order valence-electron chi connectivity index (χ2n) is 4.33. The Labute approximate surface area is 130 Å². The number of hydrogen-bond acceptors (Lipinski definition) is 2. The molecule has 0 saturated heterocycles. The summed E-state index contributed by atoms with van der Waals surface area (Å²) >= 11 is 10.6. The first-order valence-electron chi connectivity index (χ1n) is 6.44. The van der Waals surface area contributed by atoms with Gasteiger partial charge < -0.3 is 10.6 Å². The van der Waals surface area contributed by atoms with Gasteiger partial charge in [0.1, 0.15) is 0 Å². The van der Waals surface area contributed by atoms with Gasteiger partial charge in [-0.05, 0) is 24.3 Å². The molecule has 0 atom stereocenters. The van der Waals surface area contributed by atoms with Crippen molar-refractivity contribution >= 4 is 45.8 Å². The van der Waals surface area contributed by atoms with Gasteiger partial charge in [-0.25, -0.2) is 0 Å². The molecule has 0 heterocycles. The molecule has 102 valence electrons. The molecule has 4 heteroatoms. The first-order chi connectivity index (χ1) is 9.74. The fourth-order valence-corrected chi connectivity index (χ4v) is 2.16. The summed E-state index contributed by atoms with van der Waals surface area (Å²) < 4.78 is 0. The van der Waals surface area contributed by atoms with E-state index in [1.54, 1.807) is 0 Å². The minimum absolute atomic E-state index is 0.739. The summed E-state index contributed by atoms with van der Waals surface area (Å²) in [5.74, 6) is 0. The molecule has 0 aliphatic heterocycles. The van der Waals surface area contributed by atoms with Gasteiger partial charge in [0.05, 0.1) is 9.98 Å². The van der Waals surface area contributed by atoms with Crippen molar-refractivity contribution in [3.05, 3.63) is 60.7 Å². The fourth-order valence-electron chi connectivity index (χ4n) is 1.72. The quantitative estimate of drug-likeness (QED) is 0.785. The van der Waals surface area contributed by atoms with Crippen molar-refractivity contribution in [2.45, 2.75) is 12.8 Å². The Morgan fingerprint density at radius 1 is 0.650 bits per heavy atom. The highest BCUT2D eigenvalue weighted by molar-refractivity contribution is 7.81. The third-order valence-corrected chi connectivity index (χ3v) is 3.31. The van der Waals surface area contributed by atoms with Gasteiger partial charge in [0.2, 0.25) is 0 Å². The van der Waals surface area contributed by atoms with Crippen molar-refractivity contribution in [2.24, 2.45) is 0 Å². The molecule has 0 fully saturated rings. The highest BCUT2D eigenvalue weighted by atomic mass is 32.1. The number of rotatable bonds is 5. The first kappa shape index (κ1) is 14.6. The topological polar surface area (TPSA) is 24.1 Å². The van der Waals surface area contributed by atoms with Crippen LogP contribution in [-0.2, 0) is 0 Å². The predicted octanol–water partition coefficient (Wildman–Crippen LogP) is 4.65. The van der Waals surface area contributed by atoms with Gasteiger partial charge in [-0.3, -0.25) is 0 Å². The molecule has 0 bridgehead atoms. The highest BCUT2D eigenvalue weighted by Crippen LogP contribution is 2.09. The Kier molecular flexibility index (Phi) is 5.65. The zero-order chi connectivity index (χ0) is 14.2. The number of benzene rings is 2. The second-order valence-corrected chi connectivity index (χ2v) is 5.31. The summed E-state index contributed by atoms with van der Waals surface area (Å²) in [6.45, 7) is 0. The van der Waals surface area contributed by atoms with E-state index < -0.39 is 0 Å². The molecule has 0 saturated carbocycles. The van der Waals surface area contributed by atoms with E-state index in [0.29, 0.717) is 0 Å². The van der Waals surface area contributed by atoms with Crippen molar-refractivity contribution in [3.63, 3.8) is 0 Å². The van der Waals surface area contributed by atoms with E-state index in [-0.39, 0.29) is 0 Å². The van der Waals surface area contributed by atoms with Crippen molar-refractivity contribution < 1.29 is 0 Å². The molecule has 2 aromatic rings. The first-order valence-corrected chi connectivity index (χ1v) is 7.25. The van der Waals surface area contributed by atoms with Gasteiger partial charge >= 0.3 is 0 Å². The molecule has 0 radical (unpaired) electrons. The lowest BCUT2D eigenvalue weighted by Gasteiger charge is -2.10. The normalized spacial score (nSPS) is 9.80. The van der Waals surface area contributed by atoms with Crippen LogP contribution >= 0.6 is 24.4 Å². The summed E-state index contributed by atoms with van der Waals surface area (Å²) in [7, 11) is 0. The van der Waals surface area contributed by atoms with Crippen molar-refractivity contribution in [1.82, 2.24) is 0 Å². The van der Waals surface area contributed by atoms with Crippen molar-refractivity contribution in [1.29, 1.82) is 0 Å². The van der Waals surface area contributed by atoms with E-state index in [4.69, 9.17) is 24.4 Å². The van der Waals surface area contributed by atoms with E-state index in [1.165, 1.54) is 0 Å². The van der Waals surface area contributed by atoms with Crippen LogP contribution in [0.3, 0.4) is 0 Å². The van der Waals surface area contributed by atoms with Crippen LogP contribution in [0.5, 0.6) is 0 Å². The van der Waals surface area contributed by atoms with Crippen molar-refractivity contribution in [2.75, 3.05) is 10.6 Å². The number of thiocarbonyl (C=S) groups is 2. The maximum absolute atomic E-state index is 5.32. The molecule has 0 unspecified atom stereocenters. The molecule has 2 nitrogen and oxygen atoms in total. The molecule has 0 aliphatic carbocycles. The van der Waals surface area contributed by atoms with Crippen molar-refractivity contribution in [3.8, 4) is 0 Å². The summed E-state index contributed by atoms with van der Waals surface area (Å²) in [5, 5.41) is 6.41. The molecule has 0 aromatic heterocycles. The number of para-hydroxylation sites is 2. The van der Waals surface area contributed by atoms with Gasteiger partial charge in [0.15, 0.2) is 0 Å².